The molecule has 0 aliphatic rings. The van der Waals surface area contributed by atoms with Gasteiger partial charge in [-0.3, -0.25) is 14.2 Å². The molecule has 0 radical (unpaired) electrons. The lowest BCUT2D eigenvalue weighted by Crippen LogP contribution is -2.28. The average molecular weight is 361 g/mol. The SMILES string of the molecule is CC(C)c1ccccc1NC(=O)Cn1cnc2c(oc3ccccc32)c1=O. The van der Waals surface area contributed by atoms with E-state index in [1.165, 1.54) is 10.9 Å². The van der Waals surface area contributed by atoms with Crippen LogP contribution in [-0.2, 0) is 11.3 Å². The quantitative estimate of drug-likeness (QED) is 0.598. The van der Waals surface area contributed by atoms with Gasteiger partial charge in [0.2, 0.25) is 11.5 Å². The molecule has 0 atom stereocenters. The van der Waals surface area contributed by atoms with Crippen molar-refractivity contribution >= 4 is 33.7 Å². The largest absolute Gasteiger partial charge is 0.448 e. The fraction of sp³-hybridized carbons (Fsp3) is 0.190. The van der Waals surface area contributed by atoms with E-state index < -0.39 is 0 Å². The van der Waals surface area contributed by atoms with Crippen molar-refractivity contribution in [1.29, 1.82) is 0 Å². The van der Waals surface area contributed by atoms with Crippen LogP contribution in [0.15, 0.2) is 64.1 Å². The molecule has 0 bridgehead atoms. The number of anilines is 1. The van der Waals surface area contributed by atoms with E-state index in [9.17, 15) is 9.59 Å². The van der Waals surface area contributed by atoms with Crippen LogP contribution in [0.4, 0.5) is 5.69 Å². The number of nitrogens with one attached hydrogen (secondary N) is 1. The number of para-hydroxylation sites is 2. The molecule has 1 amide bonds. The first kappa shape index (κ1) is 17.0. The Morgan fingerprint density at radius 3 is 2.70 bits per heavy atom. The molecule has 0 aliphatic heterocycles. The molecule has 6 heteroatoms. The fourth-order valence-electron chi connectivity index (χ4n) is 3.19. The van der Waals surface area contributed by atoms with Crippen LogP contribution >= 0.6 is 0 Å². The van der Waals surface area contributed by atoms with Crippen LogP contribution in [0.5, 0.6) is 0 Å². The predicted octanol–water partition coefficient (Wildman–Crippen LogP) is 3.90. The molecule has 0 saturated carbocycles. The van der Waals surface area contributed by atoms with E-state index in [1.807, 2.05) is 42.5 Å². The third-order valence-corrected chi connectivity index (χ3v) is 4.52. The molecule has 4 aromatic rings. The van der Waals surface area contributed by atoms with Gasteiger partial charge < -0.3 is 9.73 Å². The van der Waals surface area contributed by atoms with Crippen LogP contribution in [0.1, 0.15) is 25.3 Å². The van der Waals surface area contributed by atoms with Crippen molar-refractivity contribution in [3.63, 3.8) is 0 Å². The van der Waals surface area contributed by atoms with Crippen molar-refractivity contribution in [1.82, 2.24) is 9.55 Å². The highest BCUT2D eigenvalue weighted by atomic mass is 16.3. The van der Waals surface area contributed by atoms with E-state index >= 15 is 0 Å². The fourth-order valence-corrected chi connectivity index (χ4v) is 3.19. The summed E-state index contributed by atoms with van der Waals surface area (Å²) in [4.78, 5) is 29.5. The molecular formula is C21H19N3O3. The van der Waals surface area contributed by atoms with E-state index in [1.54, 1.807) is 6.07 Å². The Kier molecular flexibility index (Phi) is 4.24. The standard InChI is InChI=1S/C21H19N3O3/c1-13(2)14-7-3-5-9-16(14)23-18(25)11-24-12-22-19-15-8-4-6-10-17(15)27-20(19)21(24)26/h3-10,12-13H,11H2,1-2H3,(H,23,25). The number of furan rings is 1. The summed E-state index contributed by atoms with van der Waals surface area (Å²) in [6.45, 7) is 4.00. The van der Waals surface area contributed by atoms with Crippen LogP contribution < -0.4 is 10.9 Å². The maximum absolute atomic E-state index is 12.7. The number of nitrogens with zero attached hydrogens (tertiary/aromatic N) is 2. The minimum atomic E-state index is -0.372. The molecule has 2 heterocycles. The molecule has 27 heavy (non-hydrogen) atoms. The van der Waals surface area contributed by atoms with Crippen molar-refractivity contribution in [2.75, 3.05) is 5.32 Å². The highest BCUT2D eigenvalue weighted by Gasteiger charge is 2.15. The van der Waals surface area contributed by atoms with E-state index in [0.29, 0.717) is 11.1 Å². The lowest BCUT2D eigenvalue weighted by molar-refractivity contribution is -0.116. The topological polar surface area (TPSA) is 77.1 Å². The van der Waals surface area contributed by atoms with Crippen LogP contribution in [0.2, 0.25) is 0 Å². The molecular weight excluding hydrogens is 342 g/mol. The van der Waals surface area contributed by atoms with Gasteiger partial charge in [0.1, 0.15) is 17.6 Å². The summed E-state index contributed by atoms with van der Waals surface area (Å²) in [5, 5.41) is 3.67. The van der Waals surface area contributed by atoms with Gasteiger partial charge in [-0.15, -0.1) is 0 Å². The predicted molar refractivity (Wildman–Crippen MR) is 105 cm³/mol. The Labute approximate surface area is 155 Å². The van der Waals surface area contributed by atoms with E-state index in [-0.39, 0.29) is 29.5 Å². The van der Waals surface area contributed by atoms with Gasteiger partial charge >= 0.3 is 0 Å². The zero-order chi connectivity index (χ0) is 19.0. The van der Waals surface area contributed by atoms with Gasteiger partial charge in [-0.1, -0.05) is 44.2 Å². The van der Waals surface area contributed by atoms with Gasteiger partial charge in [0, 0.05) is 11.1 Å². The van der Waals surface area contributed by atoms with Gasteiger partial charge in [-0.05, 0) is 29.7 Å². The molecule has 2 aromatic heterocycles. The van der Waals surface area contributed by atoms with Crippen LogP contribution in [0.25, 0.3) is 22.1 Å². The molecule has 0 saturated heterocycles. The first-order valence-corrected chi connectivity index (χ1v) is 8.80. The minimum absolute atomic E-state index is 0.134. The third-order valence-electron chi connectivity index (χ3n) is 4.52. The minimum Gasteiger partial charge on any atom is -0.448 e. The monoisotopic (exact) mass is 361 g/mol. The maximum atomic E-state index is 12.7. The molecule has 0 aliphatic carbocycles. The van der Waals surface area contributed by atoms with E-state index in [2.05, 4.69) is 24.1 Å². The Morgan fingerprint density at radius 2 is 1.89 bits per heavy atom. The van der Waals surface area contributed by atoms with Crippen molar-refractivity contribution < 1.29 is 9.21 Å². The second-order valence-electron chi connectivity index (χ2n) is 6.74. The molecule has 4 rings (SSSR count). The highest BCUT2D eigenvalue weighted by Crippen LogP contribution is 2.25. The number of hydrogen-bond donors (Lipinski definition) is 1. The van der Waals surface area contributed by atoms with Crippen molar-refractivity contribution in [2.24, 2.45) is 0 Å². The number of hydrogen-bond acceptors (Lipinski definition) is 4. The number of rotatable bonds is 4. The van der Waals surface area contributed by atoms with Crippen LogP contribution in [-0.4, -0.2) is 15.5 Å². The normalized spacial score (nSPS) is 11.4. The second-order valence-corrected chi connectivity index (χ2v) is 6.74. The summed E-state index contributed by atoms with van der Waals surface area (Å²) >= 11 is 0. The third kappa shape index (κ3) is 3.10. The highest BCUT2D eigenvalue weighted by molar-refractivity contribution is 6.01. The molecule has 0 fully saturated rings. The second kappa shape index (κ2) is 6.72. The summed E-state index contributed by atoms with van der Waals surface area (Å²) < 4.78 is 6.91. The number of fused-ring (bicyclic) bond motifs is 3. The average Bonchev–Trinajstić information content (AvgIpc) is 3.04. The van der Waals surface area contributed by atoms with Crippen LogP contribution in [0, 0.1) is 0 Å². The summed E-state index contributed by atoms with van der Waals surface area (Å²) in [5.41, 5.74) is 2.70. The lowest BCUT2D eigenvalue weighted by atomic mass is 10.0. The number of carbonyl (C=O) groups is 1. The number of carbonyl (C=O) groups excluding carboxylic acids is 1. The molecule has 0 unspecified atom stereocenters. The van der Waals surface area contributed by atoms with Crippen molar-refractivity contribution in [3.8, 4) is 0 Å². The Bertz CT molecular complexity index is 1200. The van der Waals surface area contributed by atoms with Gasteiger partial charge in [0.05, 0.1) is 6.33 Å². The number of benzene rings is 2. The van der Waals surface area contributed by atoms with Gasteiger partial charge in [0.15, 0.2) is 0 Å². The molecule has 0 spiro atoms. The smallest absolute Gasteiger partial charge is 0.297 e. The molecule has 6 nitrogen and oxygen atoms in total. The zero-order valence-electron chi connectivity index (χ0n) is 15.1. The van der Waals surface area contributed by atoms with Crippen LogP contribution in [0.3, 0.4) is 0 Å². The Hall–Kier alpha value is -3.41. The van der Waals surface area contributed by atoms with E-state index in [4.69, 9.17) is 4.42 Å². The summed E-state index contributed by atoms with van der Waals surface area (Å²) in [7, 11) is 0. The molecule has 136 valence electrons. The van der Waals surface area contributed by atoms with Gasteiger partial charge in [-0.2, -0.15) is 0 Å². The first-order valence-electron chi connectivity index (χ1n) is 8.80. The first-order chi connectivity index (χ1) is 13.0. The summed E-state index contributed by atoms with van der Waals surface area (Å²) in [5.74, 6) is -0.0137. The molecule has 2 aromatic carbocycles. The summed E-state index contributed by atoms with van der Waals surface area (Å²) in [6, 6.07) is 15.0. The number of amides is 1. The maximum Gasteiger partial charge on any atom is 0.297 e. The summed E-state index contributed by atoms with van der Waals surface area (Å²) in [6.07, 6.45) is 1.39. The van der Waals surface area contributed by atoms with Crippen molar-refractivity contribution in [3.05, 3.63) is 70.8 Å². The molecule has 1 N–H and O–H groups in total. The Balaban J connectivity index is 1.64. The number of aromatic nitrogens is 2. The van der Waals surface area contributed by atoms with Gasteiger partial charge in [0.25, 0.3) is 5.56 Å². The lowest BCUT2D eigenvalue weighted by Gasteiger charge is -2.14. The van der Waals surface area contributed by atoms with Crippen molar-refractivity contribution in [2.45, 2.75) is 26.3 Å². The van der Waals surface area contributed by atoms with E-state index in [0.717, 1.165) is 16.6 Å². The van der Waals surface area contributed by atoms with Gasteiger partial charge in [-0.25, -0.2) is 4.98 Å². The Morgan fingerprint density at radius 1 is 1.15 bits per heavy atom. The zero-order valence-corrected chi connectivity index (χ0v) is 15.1.